The number of carbonyl (C=O) groups is 1. The average molecular weight is 563 g/mol. The number of anilines is 2. The number of fused-ring (bicyclic) bond motifs is 1. The molecule has 0 amide bonds. The number of carboxylic acid groups (broad SMARTS) is 1. The number of nitrogens with zero attached hydrogens (tertiary/aromatic N) is 2. The number of para-hydroxylation sites is 1. The molecule has 3 aromatic carbocycles. The summed E-state index contributed by atoms with van der Waals surface area (Å²) in [6.07, 6.45) is 5.32. The van der Waals surface area contributed by atoms with Crippen molar-refractivity contribution in [2.75, 3.05) is 18.5 Å². The van der Waals surface area contributed by atoms with Gasteiger partial charge in [-0.1, -0.05) is 49.1 Å². The zero-order chi connectivity index (χ0) is 27.2. The Morgan fingerprint density at radius 3 is 2.37 bits per heavy atom. The van der Waals surface area contributed by atoms with Gasteiger partial charge in [-0.3, -0.25) is 9.11 Å². The van der Waals surface area contributed by atoms with Gasteiger partial charge in [-0.05, 0) is 60.7 Å². The summed E-state index contributed by atoms with van der Waals surface area (Å²) in [5, 5.41) is 9.50. The van der Waals surface area contributed by atoms with Gasteiger partial charge >= 0.3 is 5.97 Å². The van der Waals surface area contributed by atoms with Crippen molar-refractivity contribution in [1.82, 2.24) is 4.31 Å². The number of likely N-dealkylation sites (N-methyl/N-ethyl adjacent to an activating group) is 1. The number of halogens is 3. The second-order valence-electron chi connectivity index (χ2n) is 9.90. The molecule has 1 saturated carbocycles. The van der Waals surface area contributed by atoms with Crippen LogP contribution in [0.5, 0.6) is 0 Å². The van der Waals surface area contributed by atoms with Gasteiger partial charge in [0.05, 0.1) is 21.2 Å². The summed E-state index contributed by atoms with van der Waals surface area (Å²) in [6.45, 7) is 0.498. The Kier molecular flexibility index (Phi) is 7.41. The van der Waals surface area contributed by atoms with E-state index in [9.17, 15) is 27.8 Å². The van der Waals surface area contributed by atoms with Crippen molar-refractivity contribution in [1.29, 1.82) is 0 Å². The van der Waals surface area contributed by atoms with Crippen LogP contribution in [0, 0.1) is 17.6 Å². The first kappa shape index (κ1) is 26.9. The summed E-state index contributed by atoms with van der Waals surface area (Å²) in [6, 6.07) is 14.3. The van der Waals surface area contributed by atoms with E-state index in [0.717, 1.165) is 49.9 Å². The van der Waals surface area contributed by atoms with Gasteiger partial charge in [0, 0.05) is 30.9 Å². The molecule has 1 aliphatic carbocycles. The molecule has 0 aromatic heterocycles. The molecule has 1 aliphatic heterocycles. The minimum Gasteiger partial charge on any atom is -0.478 e. The predicted molar refractivity (Wildman–Crippen MR) is 146 cm³/mol. The van der Waals surface area contributed by atoms with Crippen molar-refractivity contribution in [3.63, 3.8) is 0 Å². The van der Waals surface area contributed by atoms with E-state index in [0.29, 0.717) is 12.2 Å². The molecule has 0 spiro atoms. The topological polar surface area (TPSA) is 84.2 Å². The van der Waals surface area contributed by atoms with Crippen LogP contribution < -0.4 is 4.90 Å². The van der Waals surface area contributed by atoms with Crippen LogP contribution in [0.25, 0.3) is 11.1 Å². The number of hydrogen-bond donors (Lipinski definition) is 3. The molecule has 2 aliphatic rings. The SMILES string of the molecule is CN1C(C2CCCCC2)CN(c2ccccc2)c2cc(Cl)c(-c3cc(F)c(F)c(C(=O)O)c3)cc2S1(O)O. The summed E-state index contributed by atoms with van der Waals surface area (Å²) in [5.74, 6) is -4.16. The van der Waals surface area contributed by atoms with Crippen LogP contribution >= 0.6 is 22.4 Å². The lowest BCUT2D eigenvalue weighted by Crippen LogP contribution is -2.45. The van der Waals surface area contributed by atoms with Crippen LogP contribution in [-0.2, 0) is 0 Å². The molecule has 202 valence electrons. The Morgan fingerprint density at radius 2 is 1.71 bits per heavy atom. The minimum absolute atomic E-state index is 0.0197. The van der Waals surface area contributed by atoms with Crippen LogP contribution in [0.15, 0.2) is 59.5 Å². The van der Waals surface area contributed by atoms with Gasteiger partial charge < -0.3 is 10.0 Å². The van der Waals surface area contributed by atoms with E-state index >= 15 is 0 Å². The molecule has 0 bridgehead atoms. The Hall–Kier alpha value is -2.69. The van der Waals surface area contributed by atoms with Crippen molar-refractivity contribution in [2.45, 2.75) is 43.0 Å². The third kappa shape index (κ3) is 4.78. The molecule has 6 nitrogen and oxygen atoms in total. The van der Waals surface area contributed by atoms with Gasteiger partial charge in [0.25, 0.3) is 0 Å². The summed E-state index contributed by atoms with van der Waals surface area (Å²) in [7, 11) is -1.83. The molecule has 3 aromatic rings. The summed E-state index contributed by atoms with van der Waals surface area (Å²) in [5.41, 5.74) is 0.703. The molecule has 1 heterocycles. The molecule has 38 heavy (non-hydrogen) atoms. The fourth-order valence-electron chi connectivity index (χ4n) is 5.66. The van der Waals surface area contributed by atoms with Crippen molar-refractivity contribution >= 4 is 39.7 Å². The molecule has 10 heteroatoms. The molecular formula is C28H29ClF2N2O4S. The van der Waals surface area contributed by atoms with Gasteiger partial charge in [-0.2, -0.15) is 4.31 Å². The smallest absolute Gasteiger partial charge is 0.338 e. The lowest BCUT2D eigenvalue weighted by atomic mass is 9.83. The van der Waals surface area contributed by atoms with Crippen LogP contribution in [0.3, 0.4) is 0 Å². The fourth-order valence-corrected chi connectivity index (χ4v) is 7.58. The maximum atomic E-state index is 14.4. The van der Waals surface area contributed by atoms with Gasteiger partial charge in [-0.15, -0.1) is 10.8 Å². The van der Waals surface area contributed by atoms with Crippen LogP contribution in [-0.4, -0.2) is 44.1 Å². The lowest BCUT2D eigenvalue weighted by molar-refractivity contribution is 0.0690. The predicted octanol–water partition coefficient (Wildman–Crippen LogP) is 8.04. The number of aromatic carboxylic acids is 1. The van der Waals surface area contributed by atoms with Crippen LogP contribution in [0.4, 0.5) is 20.2 Å². The normalized spacial score (nSPS) is 21.0. The first-order chi connectivity index (χ1) is 18.1. The van der Waals surface area contributed by atoms with Crippen molar-refractivity contribution in [3.05, 3.63) is 76.8 Å². The van der Waals surface area contributed by atoms with E-state index in [1.165, 1.54) is 6.07 Å². The summed E-state index contributed by atoms with van der Waals surface area (Å²) < 4.78 is 53.6. The fraction of sp³-hybridized carbons (Fsp3) is 0.321. The third-order valence-electron chi connectivity index (χ3n) is 7.70. The molecule has 1 atom stereocenters. The number of benzene rings is 3. The quantitative estimate of drug-likeness (QED) is 0.298. The van der Waals surface area contributed by atoms with Gasteiger partial charge in [0.1, 0.15) is 0 Å². The first-order valence-electron chi connectivity index (χ1n) is 12.5. The van der Waals surface area contributed by atoms with E-state index in [1.807, 2.05) is 35.2 Å². The molecule has 5 rings (SSSR count). The Labute approximate surface area is 226 Å². The molecule has 3 N–H and O–H groups in total. The van der Waals surface area contributed by atoms with Gasteiger partial charge in [-0.25, -0.2) is 13.6 Å². The highest BCUT2D eigenvalue weighted by Gasteiger charge is 2.41. The standard InChI is InChI=1S/C28H29ClF2N2O4S/c1-32-25(17-8-4-2-5-9-17)16-33(19-10-6-3-7-11-19)24-15-22(29)20(14-26(24)38(32,36)37)18-12-21(28(34)35)27(31)23(30)13-18/h3,6-7,10-15,17,25,36-37H,2,4-5,8-9,16H2,1H3,(H,34,35). The number of hydrogen-bond acceptors (Lipinski definition) is 5. The zero-order valence-corrected chi connectivity index (χ0v) is 22.4. The van der Waals surface area contributed by atoms with Crippen LogP contribution in [0.2, 0.25) is 5.02 Å². The number of carboxylic acids is 1. The monoisotopic (exact) mass is 562 g/mol. The number of rotatable bonds is 4. The van der Waals surface area contributed by atoms with Gasteiger partial charge in [0.15, 0.2) is 11.6 Å². The molecule has 1 fully saturated rings. The van der Waals surface area contributed by atoms with E-state index in [2.05, 4.69) is 0 Å². The second kappa shape index (κ2) is 10.5. The highest BCUT2D eigenvalue weighted by Crippen LogP contribution is 2.60. The maximum absolute atomic E-state index is 14.4. The Bertz CT molecular complexity index is 1370. The highest BCUT2D eigenvalue weighted by atomic mass is 35.5. The van der Waals surface area contributed by atoms with E-state index < -0.39 is 33.9 Å². The average Bonchev–Trinajstić information content (AvgIpc) is 2.98. The molecule has 1 unspecified atom stereocenters. The molecule has 0 saturated heterocycles. The van der Waals surface area contributed by atoms with E-state index in [1.54, 1.807) is 17.4 Å². The van der Waals surface area contributed by atoms with Crippen molar-refractivity contribution in [2.24, 2.45) is 5.92 Å². The second-order valence-corrected chi connectivity index (χ2v) is 12.4. The Balaban J connectivity index is 1.71. The third-order valence-corrected chi connectivity index (χ3v) is 10.0. The van der Waals surface area contributed by atoms with Crippen molar-refractivity contribution in [3.8, 4) is 11.1 Å². The molecule has 0 radical (unpaired) electrons. The Morgan fingerprint density at radius 1 is 1.03 bits per heavy atom. The molecular weight excluding hydrogens is 534 g/mol. The highest BCUT2D eigenvalue weighted by molar-refractivity contribution is 8.22. The zero-order valence-electron chi connectivity index (χ0n) is 20.8. The van der Waals surface area contributed by atoms with E-state index in [-0.39, 0.29) is 33.0 Å². The summed E-state index contributed by atoms with van der Waals surface area (Å²) >= 11 is 6.68. The maximum Gasteiger partial charge on any atom is 0.338 e. The minimum atomic E-state index is -3.54. The largest absolute Gasteiger partial charge is 0.478 e. The first-order valence-corrected chi connectivity index (χ1v) is 14.4. The lowest BCUT2D eigenvalue weighted by Gasteiger charge is -2.46. The van der Waals surface area contributed by atoms with Crippen molar-refractivity contribution < 1.29 is 27.8 Å². The van der Waals surface area contributed by atoms with E-state index in [4.69, 9.17) is 11.6 Å². The summed E-state index contributed by atoms with van der Waals surface area (Å²) in [4.78, 5) is 13.7. The van der Waals surface area contributed by atoms with Crippen LogP contribution in [0.1, 0.15) is 42.5 Å². The van der Waals surface area contributed by atoms with Gasteiger partial charge in [0.2, 0.25) is 0 Å².